The van der Waals surface area contributed by atoms with Gasteiger partial charge in [0.1, 0.15) is 11.1 Å². The first-order chi connectivity index (χ1) is 10.9. The zero-order valence-electron chi connectivity index (χ0n) is 11.9. The van der Waals surface area contributed by atoms with Gasteiger partial charge < -0.3 is 5.21 Å². The molecule has 2 heterocycles. The first kappa shape index (κ1) is 14.0. The summed E-state index contributed by atoms with van der Waals surface area (Å²) in [5.74, 6) is 0. The number of nitrogens with zero attached hydrogens (tertiary/aromatic N) is 2. The highest BCUT2D eigenvalue weighted by molar-refractivity contribution is 7.89. The molecule has 1 aliphatic rings. The quantitative estimate of drug-likeness (QED) is 0.557. The molecule has 1 saturated carbocycles. The molecule has 0 spiro atoms. The van der Waals surface area contributed by atoms with E-state index in [4.69, 9.17) is 5.26 Å². The third-order valence-electron chi connectivity index (χ3n) is 4.10. The van der Waals surface area contributed by atoms with Crippen LogP contribution in [0.25, 0.3) is 21.9 Å². The number of rotatable bonds is 3. The highest BCUT2D eigenvalue weighted by Gasteiger charge is 2.46. The summed E-state index contributed by atoms with van der Waals surface area (Å²) in [6, 6.07) is 10.1. The number of benzene rings is 1. The average molecular weight is 328 g/mol. The summed E-state index contributed by atoms with van der Waals surface area (Å²) in [6.45, 7) is 0. The van der Waals surface area contributed by atoms with E-state index < -0.39 is 15.6 Å². The first-order valence-electron chi connectivity index (χ1n) is 7.03. The number of aromatic amines is 1. The lowest BCUT2D eigenvalue weighted by atomic mass is 10.2. The van der Waals surface area contributed by atoms with E-state index in [1.54, 1.807) is 18.2 Å². The Labute approximate surface area is 131 Å². The molecule has 8 heteroatoms. The van der Waals surface area contributed by atoms with Gasteiger partial charge in [-0.15, -0.1) is 0 Å². The second-order valence-corrected chi connectivity index (χ2v) is 7.41. The SMILES string of the molecule is N#CC1(NS(=O)(=O)c2ccc3c(c2)[nH]c2c3ccc[n+]2[O-])CC1. The maximum atomic E-state index is 12.4. The smallest absolute Gasteiger partial charge is 0.290 e. The fraction of sp³-hybridized carbons (Fsp3) is 0.200. The summed E-state index contributed by atoms with van der Waals surface area (Å²) in [7, 11) is -3.78. The number of aromatic nitrogens is 2. The predicted molar refractivity (Wildman–Crippen MR) is 82.7 cm³/mol. The average Bonchev–Trinajstić information content (AvgIpc) is 3.18. The van der Waals surface area contributed by atoms with Crippen molar-refractivity contribution in [2.75, 3.05) is 0 Å². The zero-order chi connectivity index (χ0) is 16.2. The second kappa shape index (κ2) is 4.44. The molecule has 23 heavy (non-hydrogen) atoms. The molecule has 116 valence electrons. The zero-order valence-corrected chi connectivity index (χ0v) is 12.7. The molecule has 4 rings (SSSR count). The van der Waals surface area contributed by atoms with Crippen molar-refractivity contribution in [1.82, 2.24) is 9.71 Å². The Bertz CT molecular complexity index is 1090. The molecule has 1 aliphatic carbocycles. The van der Waals surface area contributed by atoms with Crippen LogP contribution in [0, 0.1) is 16.5 Å². The molecule has 0 radical (unpaired) electrons. The predicted octanol–water partition coefficient (Wildman–Crippen LogP) is 1.29. The summed E-state index contributed by atoms with van der Waals surface area (Å²) >= 11 is 0. The van der Waals surface area contributed by atoms with Crippen molar-refractivity contribution in [1.29, 1.82) is 5.26 Å². The minimum atomic E-state index is -3.78. The standard InChI is InChI=1S/C15H12N4O3S/c16-9-15(5-6-15)18-23(21,22)10-3-4-11-12-2-1-7-19(20)14(12)17-13(11)8-10/h1-4,7-8,17-18H,5-6H2. The van der Waals surface area contributed by atoms with Crippen molar-refractivity contribution in [3.05, 3.63) is 41.7 Å². The number of hydrogen-bond donors (Lipinski definition) is 2. The molecule has 0 bridgehead atoms. The van der Waals surface area contributed by atoms with Gasteiger partial charge in [0.05, 0.1) is 22.5 Å². The van der Waals surface area contributed by atoms with Crippen molar-refractivity contribution in [2.24, 2.45) is 0 Å². The number of nitrogens with one attached hydrogen (secondary N) is 2. The minimum Gasteiger partial charge on any atom is -0.711 e. The maximum Gasteiger partial charge on any atom is 0.290 e. The summed E-state index contributed by atoms with van der Waals surface area (Å²) in [5.41, 5.74) is -0.0343. The fourth-order valence-corrected chi connectivity index (χ4v) is 4.07. The summed E-state index contributed by atoms with van der Waals surface area (Å²) < 4.78 is 28.0. The fourth-order valence-electron chi connectivity index (χ4n) is 2.66. The Morgan fingerprint density at radius 1 is 1.30 bits per heavy atom. The maximum absolute atomic E-state index is 12.4. The summed E-state index contributed by atoms with van der Waals surface area (Å²) in [4.78, 5) is 3.01. The Hall–Kier alpha value is -2.63. The van der Waals surface area contributed by atoms with E-state index in [1.165, 1.54) is 18.3 Å². The molecular formula is C15H12N4O3S. The molecule has 0 atom stereocenters. The summed E-state index contributed by atoms with van der Waals surface area (Å²) in [6.07, 6.45) is 2.42. The Morgan fingerprint density at radius 2 is 2.09 bits per heavy atom. The molecule has 0 aliphatic heterocycles. The number of fused-ring (bicyclic) bond motifs is 3. The molecule has 1 aromatic carbocycles. The van der Waals surface area contributed by atoms with Gasteiger partial charge >= 0.3 is 0 Å². The molecule has 0 amide bonds. The van der Waals surface area contributed by atoms with Crippen LogP contribution in [0.3, 0.4) is 0 Å². The lowest BCUT2D eigenvalue weighted by Gasteiger charge is -2.09. The number of nitriles is 1. The van der Waals surface area contributed by atoms with Gasteiger partial charge in [-0.05, 0) is 37.1 Å². The van der Waals surface area contributed by atoms with Crippen LogP contribution < -0.4 is 9.45 Å². The molecule has 2 N–H and O–H groups in total. The van der Waals surface area contributed by atoms with Crippen LogP contribution in [0.5, 0.6) is 0 Å². The largest absolute Gasteiger partial charge is 0.711 e. The van der Waals surface area contributed by atoms with E-state index >= 15 is 0 Å². The van der Waals surface area contributed by atoms with Gasteiger partial charge in [0.25, 0.3) is 5.65 Å². The van der Waals surface area contributed by atoms with E-state index in [-0.39, 0.29) is 4.90 Å². The molecule has 7 nitrogen and oxygen atoms in total. The van der Waals surface area contributed by atoms with Crippen LogP contribution in [0.15, 0.2) is 41.4 Å². The number of hydrogen-bond acceptors (Lipinski definition) is 4. The van der Waals surface area contributed by atoms with Crippen LogP contribution in [0.2, 0.25) is 0 Å². The van der Waals surface area contributed by atoms with Gasteiger partial charge in [0, 0.05) is 11.5 Å². The van der Waals surface area contributed by atoms with Gasteiger partial charge in [-0.3, -0.25) is 0 Å². The van der Waals surface area contributed by atoms with Crippen LogP contribution in [0.4, 0.5) is 0 Å². The van der Waals surface area contributed by atoms with Crippen molar-refractivity contribution in [2.45, 2.75) is 23.3 Å². The Morgan fingerprint density at radius 3 is 2.78 bits per heavy atom. The molecule has 0 saturated heterocycles. The van der Waals surface area contributed by atoms with Crippen LogP contribution in [-0.4, -0.2) is 18.9 Å². The first-order valence-corrected chi connectivity index (χ1v) is 8.51. The van der Waals surface area contributed by atoms with Gasteiger partial charge in [-0.25, -0.2) is 18.1 Å². The molecular weight excluding hydrogens is 316 g/mol. The van der Waals surface area contributed by atoms with Gasteiger partial charge in [-0.2, -0.15) is 9.98 Å². The van der Waals surface area contributed by atoms with Crippen molar-refractivity contribution in [3.63, 3.8) is 0 Å². The number of sulfonamides is 1. The van der Waals surface area contributed by atoms with E-state index in [0.717, 1.165) is 10.8 Å². The third kappa shape index (κ3) is 2.13. The Balaban J connectivity index is 1.85. The van der Waals surface area contributed by atoms with E-state index in [1.807, 2.05) is 6.07 Å². The van der Waals surface area contributed by atoms with Crippen molar-refractivity contribution in [3.8, 4) is 6.07 Å². The van der Waals surface area contributed by atoms with Crippen LogP contribution in [0.1, 0.15) is 12.8 Å². The second-order valence-electron chi connectivity index (χ2n) is 5.73. The van der Waals surface area contributed by atoms with Gasteiger partial charge in [0.15, 0.2) is 0 Å². The van der Waals surface area contributed by atoms with E-state index in [2.05, 4.69) is 9.71 Å². The highest BCUT2D eigenvalue weighted by atomic mass is 32.2. The lowest BCUT2D eigenvalue weighted by Crippen LogP contribution is -2.35. The number of H-pyrrole nitrogens is 1. The third-order valence-corrected chi connectivity index (χ3v) is 5.63. The number of pyridine rings is 1. The van der Waals surface area contributed by atoms with Gasteiger partial charge in [0.2, 0.25) is 10.0 Å². The molecule has 2 aromatic heterocycles. The topological polar surface area (TPSA) is 113 Å². The molecule has 3 aromatic rings. The van der Waals surface area contributed by atoms with Gasteiger partial charge in [-0.1, -0.05) is 0 Å². The lowest BCUT2D eigenvalue weighted by molar-refractivity contribution is -0.578. The van der Waals surface area contributed by atoms with Crippen LogP contribution >= 0.6 is 0 Å². The van der Waals surface area contributed by atoms with Crippen molar-refractivity contribution < 1.29 is 13.1 Å². The van der Waals surface area contributed by atoms with Crippen molar-refractivity contribution >= 4 is 32.0 Å². The molecule has 0 unspecified atom stereocenters. The summed E-state index contributed by atoms with van der Waals surface area (Å²) in [5, 5.41) is 22.3. The van der Waals surface area contributed by atoms with E-state index in [9.17, 15) is 13.6 Å². The van der Waals surface area contributed by atoms with Crippen LogP contribution in [-0.2, 0) is 10.0 Å². The normalized spacial score (nSPS) is 16.5. The monoisotopic (exact) mass is 328 g/mol. The highest BCUT2D eigenvalue weighted by Crippen LogP contribution is 2.36. The molecule has 1 fully saturated rings. The Kier molecular flexibility index (Phi) is 2.70. The van der Waals surface area contributed by atoms with E-state index in [0.29, 0.717) is 28.7 Å². The minimum absolute atomic E-state index is 0.0653.